The number of carbonyl (C=O) groups excluding carboxylic acids is 1. The fraction of sp³-hybridized carbons (Fsp3) is 0.296. The van der Waals surface area contributed by atoms with Crippen LogP contribution in [0.1, 0.15) is 30.0 Å². The number of amides is 1. The Morgan fingerprint density at radius 3 is 1.64 bits per heavy atom. The first kappa shape index (κ1) is 27.6. The normalized spacial score (nSPS) is 13.1. The Bertz CT molecular complexity index is 1050. The molecule has 0 saturated carbocycles. The van der Waals surface area contributed by atoms with E-state index >= 15 is 0 Å². The summed E-state index contributed by atoms with van der Waals surface area (Å²) in [5.74, 6) is 0. The first-order chi connectivity index (χ1) is 17.5. The molecule has 0 heterocycles. The zero-order chi connectivity index (χ0) is 25.7. The van der Waals surface area contributed by atoms with E-state index in [0.717, 1.165) is 16.7 Å². The molecule has 3 rings (SSSR count). The Morgan fingerprint density at radius 1 is 0.778 bits per heavy atom. The lowest BCUT2D eigenvalue weighted by Gasteiger charge is -2.32. The summed E-state index contributed by atoms with van der Waals surface area (Å²) in [6.45, 7) is 1.03. The number of rotatable bonds is 14. The van der Waals surface area contributed by atoms with Crippen molar-refractivity contribution in [2.24, 2.45) is 0 Å². The third-order valence-electron chi connectivity index (χ3n) is 5.52. The third-order valence-corrected chi connectivity index (χ3v) is 6.86. The molecule has 0 bridgehead atoms. The van der Waals surface area contributed by atoms with Gasteiger partial charge in [-0.1, -0.05) is 97.9 Å². The van der Waals surface area contributed by atoms with Gasteiger partial charge in [-0.25, -0.2) is 9.36 Å². The lowest BCUT2D eigenvalue weighted by atomic mass is 9.99. The number of hydrogen-bond acceptors (Lipinski definition) is 7. The number of phosphoric ester groups is 1. The van der Waals surface area contributed by atoms with Gasteiger partial charge in [0.15, 0.2) is 0 Å². The molecule has 0 aliphatic heterocycles. The van der Waals surface area contributed by atoms with Crippen LogP contribution < -0.4 is 5.32 Å². The molecule has 36 heavy (non-hydrogen) atoms. The Balaban J connectivity index is 1.65. The number of benzene rings is 3. The molecule has 1 atom stereocenters. The van der Waals surface area contributed by atoms with Crippen molar-refractivity contribution < 1.29 is 32.8 Å². The number of hydrogen-bond donors (Lipinski definition) is 2. The monoisotopic (exact) mass is 513 g/mol. The van der Waals surface area contributed by atoms with Gasteiger partial charge in [-0.05, 0) is 23.1 Å². The zero-order valence-corrected chi connectivity index (χ0v) is 21.1. The van der Waals surface area contributed by atoms with Crippen LogP contribution in [0.4, 0.5) is 4.79 Å². The lowest BCUT2D eigenvalue weighted by Crippen LogP contribution is -2.54. The Hall–Kier alpha value is -3.00. The standard InChI is InChI=1S/C27H32NO7P/c1-2-27(21-29,28-26(30)32-18-23-12-6-3-7-13-23)22-35-36(31,33-19-24-14-8-4-9-15-24)34-20-25-16-10-5-11-17-25/h3-17,29H,2,18-22H2,1H3,(H,28,30)/t27-/m0/s1. The van der Waals surface area contributed by atoms with E-state index in [1.807, 2.05) is 91.0 Å². The summed E-state index contributed by atoms with van der Waals surface area (Å²) >= 11 is 0. The second-order valence-corrected chi connectivity index (χ2v) is 9.89. The molecule has 0 unspecified atom stereocenters. The number of aliphatic hydroxyl groups excluding tert-OH is 1. The minimum absolute atomic E-state index is 0.00228. The van der Waals surface area contributed by atoms with Gasteiger partial charge >= 0.3 is 13.9 Å². The number of phosphoric acid groups is 1. The van der Waals surface area contributed by atoms with Crippen molar-refractivity contribution in [1.82, 2.24) is 5.32 Å². The van der Waals surface area contributed by atoms with Crippen LogP contribution in [0.3, 0.4) is 0 Å². The maximum Gasteiger partial charge on any atom is 0.475 e. The summed E-state index contributed by atoms with van der Waals surface area (Å²) < 4.78 is 35.7. The molecule has 0 aromatic heterocycles. The van der Waals surface area contributed by atoms with E-state index < -0.39 is 26.1 Å². The molecule has 0 radical (unpaired) electrons. The number of aliphatic hydroxyl groups is 1. The van der Waals surface area contributed by atoms with Crippen molar-refractivity contribution in [1.29, 1.82) is 0 Å². The average molecular weight is 514 g/mol. The summed E-state index contributed by atoms with van der Waals surface area (Å²) in [6.07, 6.45) is -0.454. The Morgan fingerprint density at radius 2 is 1.22 bits per heavy atom. The van der Waals surface area contributed by atoms with Gasteiger partial charge in [0.05, 0.1) is 32.0 Å². The number of carbonyl (C=O) groups is 1. The highest BCUT2D eigenvalue weighted by molar-refractivity contribution is 7.48. The molecular formula is C27H32NO7P. The summed E-state index contributed by atoms with van der Waals surface area (Å²) in [4.78, 5) is 12.5. The van der Waals surface area contributed by atoms with Crippen molar-refractivity contribution in [2.45, 2.75) is 38.7 Å². The minimum atomic E-state index is -4.08. The fourth-order valence-electron chi connectivity index (χ4n) is 3.17. The third kappa shape index (κ3) is 8.90. The number of alkyl carbamates (subject to hydrolysis) is 1. The van der Waals surface area contributed by atoms with Gasteiger partial charge < -0.3 is 15.2 Å². The second-order valence-electron chi connectivity index (χ2n) is 8.22. The molecule has 3 aromatic rings. The van der Waals surface area contributed by atoms with E-state index in [9.17, 15) is 14.5 Å². The molecule has 8 nitrogen and oxygen atoms in total. The predicted molar refractivity (Wildman–Crippen MR) is 136 cm³/mol. The molecule has 192 valence electrons. The van der Waals surface area contributed by atoms with Gasteiger partial charge in [0.1, 0.15) is 6.61 Å². The van der Waals surface area contributed by atoms with E-state index in [0.29, 0.717) is 0 Å². The number of ether oxygens (including phenoxy) is 1. The van der Waals surface area contributed by atoms with Gasteiger partial charge in [0, 0.05) is 0 Å². The van der Waals surface area contributed by atoms with E-state index in [4.69, 9.17) is 18.3 Å². The molecule has 9 heteroatoms. The minimum Gasteiger partial charge on any atom is -0.445 e. The summed E-state index contributed by atoms with van der Waals surface area (Å²) in [7, 11) is -4.08. The summed E-state index contributed by atoms with van der Waals surface area (Å²) in [5.41, 5.74) is 1.14. The summed E-state index contributed by atoms with van der Waals surface area (Å²) in [5, 5.41) is 12.8. The molecular weight excluding hydrogens is 481 g/mol. The smallest absolute Gasteiger partial charge is 0.445 e. The molecule has 0 spiro atoms. The van der Waals surface area contributed by atoms with Crippen molar-refractivity contribution in [3.8, 4) is 0 Å². The van der Waals surface area contributed by atoms with Crippen molar-refractivity contribution in [2.75, 3.05) is 13.2 Å². The molecule has 1 amide bonds. The van der Waals surface area contributed by atoms with Gasteiger partial charge in [0.25, 0.3) is 0 Å². The maximum atomic E-state index is 13.5. The largest absolute Gasteiger partial charge is 0.475 e. The second kappa shape index (κ2) is 13.9. The topological polar surface area (TPSA) is 103 Å². The Labute approximate surface area is 211 Å². The first-order valence-corrected chi connectivity index (χ1v) is 13.1. The quantitative estimate of drug-likeness (QED) is 0.270. The predicted octanol–water partition coefficient (Wildman–Crippen LogP) is 5.61. The average Bonchev–Trinajstić information content (AvgIpc) is 2.94. The highest BCUT2D eigenvalue weighted by Gasteiger charge is 2.36. The molecule has 3 aromatic carbocycles. The molecule has 0 saturated heterocycles. The van der Waals surface area contributed by atoms with Crippen LogP contribution >= 0.6 is 7.82 Å². The first-order valence-electron chi connectivity index (χ1n) is 11.7. The van der Waals surface area contributed by atoms with Crippen LogP contribution in [-0.4, -0.2) is 30.0 Å². The Kier molecular flexibility index (Phi) is 10.7. The SMILES string of the molecule is CC[C@](CO)(COP(=O)(OCc1ccccc1)OCc1ccccc1)NC(=O)OCc1ccccc1. The van der Waals surface area contributed by atoms with Gasteiger partial charge in [0.2, 0.25) is 0 Å². The fourth-order valence-corrected chi connectivity index (χ4v) is 4.41. The van der Waals surface area contributed by atoms with Crippen molar-refractivity contribution >= 4 is 13.9 Å². The van der Waals surface area contributed by atoms with Crippen LogP contribution in [0.5, 0.6) is 0 Å². The van der Waals surface area contributed by atoms with Crippen LogP contribution in [-0.2, 0) is 42.7 Å². The molecule has 0 fully saturated rings. The highest BCUT2D eigenvalue weighted by Crippen LogP contribution is 2.51. The summed E-state index contributed by atoms with van der Waals surface area (Å²) in [6, 6.07) is 27.6. The number of nitrogens with one attached hydrogen (secondary N) is 1. The van der Waals surface area contributed by atoms with Gasteiger partial charge in [-0.2, -0.15) is 0 Å². The van der Waals surface area contributed by atoms with Crippen LogP contribution in [0, 0.1) is 0 Å². The molecule has 0 aliphatic rings. The lowest BCUT2D eigenvalue weighted by molar-refractivity contribution is 0.0458. The highest BCUT2D eigenvalue weighted by atomic mass is 31.2. The van der Waals surface area contributed by atoms with Gasteiger partial charge in [-0.15, -0.1) is 0 Å². The van der Waals surface area contributed by atoms with E-state index in [1.54, 1.807) is 6.92 Å². The zero-order valence-electron chi connectivity index (χ0n) is 20.2. The van der Waals surface area contributed by atoms with E-state index in [-0.39, 0.29) is 32.8 Å². The van der Waals surface area contributed by atoms with Crippen LogP contribution in [0.15, 0.2) is 91.0 Å². The van der Waals surface area contributed by atoms with Gasteiger partial charge in [-0.3, -0.25) is 13.6 Å². The van der Waals surface area contributed by atoms with E-state index in [2.05, 4.69) is 5.32 Å². The maximum absolute atomic E-state index is 13.5. The van der Waals surface area contributed by atoms with Crippen LogP contribution in [0.2, 0.25) is 0 Å². The molecule has 2 N–H and O–H groups in total. The van der Waals surface area contributed by atoms with Crippen molar-refractivity contribution in [3.63, 3.8) is 0 Å². The van der Waals surface area contributed by atoms with Crippen molar-refractivity contribution in [3.05, 3.63) is 108 Å². The van der Waals surface area contributed by atoms with Crippen LogP contribution in [0.25, 0.3) is 0 Å². The van der Waals surface area contributed by atoms with E-state index in [1.165, 1.54) is 0 Å². The molecule has 0 aliphatic carbocycles.